The third kappa shape index (κ3) is 3.15. The maximum absolute atomic E-state index is 11.6. The van der Waals surface area contributed by atoms with E-state index in [4.69, 9.17) is 9.47 Å². The molecule has 0 aromatic carbocycles. The number of nitrogens with one attached hydrogen (secondary N) is 1. The third-order valence-electron chi connectivity index (χ3n) is 2.83. The van der Waals surface area contributed by atoms with Gasteiger partial charge in [-0.1, -0.05) is 0 Å². The van der Waals surface area contributed by atoms with Crippen molar-refractivity contribution in [1.29, 1.82) is 0 Å². The van der Waals surface area contributed by atoms with Gasteiger partial charge in [-0.3, -0.25) is 4.79 Å². The highest BCUT2D eigenvalue weighted by Crippen LogP contribution is 2.02. The Balaban J connectivity index is 1.58. The van der Waals surface area contributed by atoms with Gasteiger partial charge in [0.1, 0.15) is 6.61 Å². The van der Waals surface area contributed by atoms with Crippen molar-refractivity contribution in [2.24, 2.45) is 0 Å². The quantitative estimate of drug-likeness (QED) is 0.667. The molecule has 0 spiro atoms. The average molecular weight is 214 g/mol. The minimum Gasteiger partial charge on any atom is -0.378 e. The van der Waals surface area contributed by atoms with Gasteiger partial charge in [-0.15, -0.1) is 0 Å². The van der Waals surface area contributed by atoms with E-state index in [1.54, 1.807) is 4.90 Å². The lowest BCUT2D eigenvalue weighted by Crippen LogP contribution is -2.47. The van der Waals surface area contributed by atoms with E-state index in [1.807, 2.05) is 0 Å². The second-order valence-electron chi connectivity index (χ2n) is 3.95. The zero-order chi connectivity index (χ0) is 10.5. The summed E-state index contributed by atoms with van der Waals surface area (Å²) in [5.74, 6) is 0.0811. The molecule has 1 unspecified atom stereocenters. The number of nitrogens with zero attached hydrogens (tertiary/aromatic N) is 1. The van der Waals surface area contributed by atoms with Crippen molar-refractivity contribution in [3.63, 3.8) is 0 Å². The van der Waals surface area contributed by atoms with Crippen LogP contribution in [0.5, 0.6) is 0 Å². The maximum Gasteiger partial charge on any atom is 0.248 e. The van der Waals surface area contributed by atoms with Crippen LogP contribution in [0, 0.1) is 0 Å². The number of morpholine rings is 1. The number of carbonyl (C=O) groups excluding carboxylic acids is 1. The first-order chi connectivity index (χ1) is 7.36. The Bertz CT molecular complexity index is 213. The summed E-state index contributed by atoms with van der Waals surface area (Å²) in [6.07, 6.45) is 1.16. The molecular weight excluding hydrogens is 196 g/mol. The van der Waals surface area contributed by atoms with Crippen molar-refractivity contribution < 1.29 is 14.3 Å². The monoisotopic (exact) mass is 214 g/mol. The van der Waals surface area contributed by atoms with Gasteiger partial charge in [-0.05, 0) is 13.0 Å². The zero-order valence-electron chi connectivity index (χ0n) is 8.91. The molecule has 2 aliphatic rings. The summed E-state index contributed by atoms with van der Waals surface area (Å²) < 4.78 is 10.5. The predicted molar refractivity (Wildman–Crippen MR) is 54.6 cm³/mol. The molecule has 5 nitrogen and oxygen atoms in total. The second kappa shape index (κ2) is 5.44. The molecule has 0 saturated carbocycles. The SMILES string of the molecule is O=C(COCC1CCN1)N1CCOCC1. The summed E-state index contributed by atoms with van der Waals surface area (Å²) in [4.78, 5) is 13.4. The van der Waals surface area contributed by atoms with Crippen molar-refractivity contribution in [2.45, 2.75) is 12.5 Å². The summed E-state index contributed by atoms with van der Waals surface area (Å²) in [6.45, 7) is 4.62. The Morgan fingerprint density at radius 3 is 2.80 bits per heavy atom. The Morgan fingerprint density at radius 1 is 1.47 bits per heavy atom. The van der Waals surface area contributed by atoms with Gasteiger partial charge in [-0.25, -0.2) is 0 Å². The molecule has 1 atom stereocenters. The first-order valence-electron chi connectivity index (χ1n) is 5.53. The molecule has 1 N–H and O–H groups in total. The number of carbonyl (C=O) groups is 1. The number of amides is 1. The lowest BCUT2D eigenvalue weighted by Gasteiger charge is -2.29. The lowest BCUT2D eigenvalue weighted by molar-refractivity contribution is -0.140. The first kappa shape index (κ1) is 10.9. The van der Waals surface area contributed by atoms with Crippen LogP contribution < -0.4 is 5.32 Å². The molecule has 5 heteroatoms. The van der Waals surface area contributed by atoms with E-state index in [9.17, 15) is 4.79 Å². The van der Waals surface area contributed by atoms with Crippen LogP contribution >= 0.6 is 0 Å². The Morgan fingerprint density at radius 2 is 2.20 bits per heavy atom. The van der Waals surface area contributed by atoms with Crippen LogP contribution in [-0.2, 0) is 14.3 Å². The topological polar surface area (TPSA) is 50.8 Å². The molecule has 2 rings (SSSR count). The van der Waals surface area contributed by atoms with E-state index in [2.05, 4.69) is 5.32 Å². The van der Waals surface area contributed by atoms with Crippen LogP contribution in [0.2, 0.25) is 0 Å². The summed E-state index contributed by atoms with van der Waals surface area (Å²) in [5.41, 5.74) is 0. The summed E-state index contributed by atoms with van der Waals surface area (Å²) in [5, 5.41) is 3.23. The van der Waals surface area contributed by atoms with Crippen LogP contribution in [0.15, 0.2) is 0 Å². The number of rotatable bonds is 4. The van der Waals surface area contributed by atoms with Crippen LogP contribution in [0.3, 0.4) is 0 Å². The zero-order valence-corrected chi connectivity index (χ0v) is 8.91. The van der Waals surface area contributed by atoms with E-state index in [-0.39, 0.29) is 12.5 Å². The van der Waals surface area contributed by atoms with E-state index in [0.29, 0.717) is 39.0 Å². The second-order valence-corrected chi connectivity index (χ2v) is 3.95. The lowest BCUT2D eigenvalue weighted by atomic mass is 10.1. The Hall–Kier alpha value is -0.650. The summed E-state index contributed by atoms with van der Waals surface area (Å²) >= 11 is 0. The Labute approximate surface area is 89.7 Å². The normalized spacial score (nSPS) is 26.1. The highest BCUT2D eigenvalue weighted by Gasteiger charge is 2.19. The van der Waals surface area contributed by atoms with Crippen LogP contribution in [0.25, 0.3) is 0 Å². The molecule has 0 aromatic rings. The fourth-order valence-electron chi connectivity index (χ4n) is 1.68. The van der Waals surface area contributed by atoms with Crippen molar-refractivity contribution in [2.75, 3.05) is 46.1 Å². The molecule has 2 fully saturated rings. The minimum atomic E-state index is 0.0811. The average Bonchev–Trinajstić information content (AvgIpc) is 2.23. The van der Waals surface area contributed by atoms with Crippen LogP contribution in [-0.4, -0.2) is 62.9 Å². The smallest absolute Gasteiger partial charge is 0.248 e. The fraction of sp³-hybridized carbons (Fsp3) is 0.900. The van der Waals surface area contributed by atoms with Gasteiger partial charge in [0.15, 0.2) is 0 Å². The number of ether oxygens (including phenoxy) is 2. The van der Waals surface area contributed by atoms with Gasteiger partial charge in [0, 0.05) is 19.1 Å². The molecule has 1 amide bonds. The molecule has 2 aliphatic heterocycles. The van der Waals surface area contributed by atoms with Gasteiger partial charge >= 0.3 is 0 Å². The third-order valence-corrected chi connectivity index (χ3v) is 2.83. The molecule has 86 valence electrons. The van der Waals surface area contributed by atoms with Crippen molar-refractivity contribution >= 4 is 5.91 Å². The Kier molecular flexibility index (Phi) is 3.94. The van der Waals surface area contributed by atoms with E-state index in [1.165, 1.54) is 0 Å². The highest BCUT2D eigenvalue weighted by molar-refractivity contribution is 5.77. The largest absolute Gasteiger partial charge is 0.378 e. The number of hydrogen-bond donors (Lipinski definition) is 1. The van der Waals surface area contributed by atoms with Crippen LogP contribution in [0.4, 0.5) is 0 Å². The number of hydrogen-bond acceptors (Lipinski definition) is 4. The van der Waals surface area contributed by atoms with E-state index >= 15 is 0 Å². The van der Waals surface area contributed by atoms with Gasteiger partial charge in [0.2, 0.25) is 5.91 Å². The van der Waals surface area contributed by atoms with Gasteiger partial charge in [0.05, 0.1) is 19.8 Å². The molecular formula is C10H18N2O3. The van der Waals surface area contributed by atoms with E-state index in [0.717, 1.165) is 13.0 Å². The maximum atomic E-state index is 11.6. The molecule has 0 radical (unpaired) electrons. The van der Waals surface area contributed by atoms with Gasteiger partial charge in [-0.2, -0.15) is 0 Å². The fourth-order valence-corrected chi connectivity index (χ4v) is 1.68. The predicted octanol–water partition coefficient (Wildman–Crippen LogP) is -0.776. The van der Waals surface area contributed by atoms with Gasteiger partial charge in [0.25, 0.3) is 0 Å². The minimum absolute atomic E-state index is 0.0811. The first-order valence-corrected chi connectivity index (χ1v) is 5.53. The van der Waals surface area contributed by atoms with E-state index < -0.39 is 0 Å². The highest BCUT2D eigenvalue weighted by atomic mass is 16.5. The summed E-state index contributed by atoms with van der Waals surface area (Å²) in [7, 11) is 0. The molecule has 15 heavy (non-hydrogen) atoms. The standard InChI is InChI=1S/C10H18N2O3/c13-10(12-3-5-14-6-4-12)8-15-7-9-1-2-11-9/h9,11H,1-8H2. The van der Waals surface area contributed by atoms with Crippen LogP contribution in [0.1, 0.15) is 6.42 Å². The summed E-state index contributed by atoms with van der Waals surface area (Å²) in [6, 6.07) is 0.461. The van der Waals surface area contributed by atoms with Crippen molar-refractivity contribution in [1.82, 2.24) is 10.2 Å². The molecule has 2 saturated heterocycles. The molecule has 0 bridgehead atoms. The van der Waals surface area contributed by atoms with Crippen molar-refractivity contribution in [3.05, 3.63) is 0 Å². The molecule has 0 aliphatic carbocycles. The molecule has 0 aromatic heterocycles. The van der Waals surface area contributed by atoms with Gasteiger partial charge < -0.3 is 19.7 Å². The van der Waals surface area contributed by atoms with Crippen molar-refractivity contribution in [3.8, 4) is 0 Å². The molecule has 2 heterocycles.